The molecule has 2 aromatic carbocycles. The van der Waals surface area contributed by atoms with E-state index in [1.165, 1.54) is 16.7 Å². The number of hydrogen-bond donors (Lipinski definition) is 1. The van der Waals surface area contributed by atoms with E-state index in [4.69, 9.17) is 4.74 Å². The minimum absolute atomic E-state index is 0.153. The van der Waals surface area contributed by atoms with Crippen LogP contribution >= 0.6 is 0 Å². The van der Waals surface area contributed by atoms with Crippen LogP contribution in [0.2, 0.25) is 0 Å². The van der Waals surface area contributed by atoms with Crippen LogP contribution in [0.3, 0.4) is 0 Å². The monoisotopic (exact) mass is 348 g/mol. The normalized spacial score (nSPS) is 18.8. The Kier molecular flexibility index (Phi) is 4.61. The number of hydrogen-bond acceptors (Lipinski definition) is 4. The van der Waals surface area contributed by atoms with Crippen molar-refractivity contribution in [3.63, 3.8) is 0 Å². The lowest BCUT2D eigenvalue weighted by atomic mass is 9.93. The highest BCUT2D eigenvalue weighted by Gasteiger charge is 2.29. The van der Waals surface area contributed by atoms with E-state index in [0.29, 0.717) is 6.61 Å². The van der Waals surface area contributed by atoms with E-state index in [1.807, 2.05) is 23.7 Å². The zero-order chi connectivity index (χ0) is 17.9. The number of aryl methyl sites for hydroxylation is 1. The molecule has 3 aromatic rings. The van der Waals surface area contributed by atoms with Crippen LogP contribution in [0.15, 0.2) is 54.9 Å². The van der Waals surface area contributed by atoms with Crippen molar-refractivity contribution in [3.8, 4) is 5.75 Å². The molecule has 2 atom stereocenters. The lowest BCUT2D eigenvalue weighted by molar-refractivity contribution is 0.340. The van der Waals surface area contributed by atoms with Gasteiger partial charge < -0.3 is 10.1 Å². The number of nitrogens with one attached hydrogen (secondary N) is 1. The summed E-state index contributed by atoms with van der Waals surface area (Å²) in [5.41, 5.74) is 3.86. The molecule has 0 spiro atoms. The van der Waals surface area contributed by atoms with Crippen LogP contribution in [0.1, 0.15) is 49.0 Å². The van der Waals surface area contributed by atoms with E-state index < -0.39 is 0 Å². The van der Waals surface area contributed by atoms with Crippen LogP contribution in [-0.2, 0) is 6.42 Å². The molecule has 0 amide bonds. The van der Waals surface area contributed by atoms with Gasteiger partial charge in [-0.1, -0.05) is 43.3 Å². The van der Waals surface area contributed by atoms with Gasteiger partial charge in [-0.05, 0) is 48.6 Å². The Morgan fingerprint density at radius 3 is 2.46 bits per heavy atom. The maximum Gasteiger partial charge on any atom is 0.222 e. The number of ether oxygens (including phenoxy) is 1. The molecular weight excluding hydrogens is 324 g/mol. The molecule has 1 aliphatic rings. The van der Waals surface area contributed by atoms with Crippen LogP contribution in [0, 0.1) is 0 Å². The van der Waals surface area contributed by atoms with Crippen LogP contribution in [0.5, 0.6) is 5.75 Å². The maximum atomic E-state index is 5.57. The lowest BCUT2D eigenvalue weighted by Gasteiger charge is -2.32. The summed E-state index contributed by atoms with van der Waals surface area (Å²) >= 11 is 0. The number of nitrogens with zero attached hydrogens (tertiary/aromatic N) is 3. The first kappa shape index (κ1) is 16.6. The highest BCUT2D eigenvalue weighted by molar-refractivity contribution is 5.39. The lowest BCUT2D eigenvalue weighted by Crippen LogP contribution is -2.28. The fraction of sp³-hybridized carbons (Fsp3) is 0.333. The summed E-state index contributed by atoms with van der Waals surface area (Å²) in [5.74, 6) is 1.72. The van der Waals surface area contributed by atoms with Gasteiger partial charge in [0.1, 0.15) is 12.1 Å². The smallest absolute Gasteiger partial charge is 0.222 e. The molecule has 0 saturated carbocycles. The topological polar surface area (TPSA) is 52.0 Å². The zero-order valence-electron chi connectivity index (χ0n) is 15.2. The minimum Gasteiger partial charge on any atom is -0.494 e. The summed E-state index contributed by atoms with van der Waals surface area (Å²) in [4.78, 5) is 4.41. The Balaban J connectivity index is 1.63. The number of rotatable bonds is 5. The molecule has 1 N–H and O–H groups in total. The molecule has 26 heavy (non-hydrogen) atoms. The Morgan fingerprint density at radius 2 is 1.77 bits per heavy atom. The van der Waals surface area contributed by atoms with Crippen molar-refractivity contribution in [2.24, 2.45) is 0 Å². The van der Waals surface area contributed by atoms with Gasteiger partial charge in [-0.15, -0.1) is 0 Å². The van der Waals surface area contributed by atoms with Gasteiger partial charge in [0.15, 0.2) is 0 Å². The molecule has 0 fully saturated rings. The molecule has 0 radical (unpaired) electrons. The van der Waals surface area contributed by atoms with Gasteiger partial charge in [-0.2, -0.15) is 10.1 Å². The van der Waals surface area contributed by atoms with E-state index in [0.717, 1.165) is 24.5 Å². The predicted octanol–water partition coefficient (Wildman–Crippen LogP) is 4.39. The standard InChI is InChI=1S/C21H24N4O/c1-3-15-5-7-16(8-6-15)19-13-20(25-21(24-19)22-14-23-25)17-9-11-18(12-10-17)26-4-2/h5-12,14,19-20H,3-4,13H2,1-2H3,(H,22,23,24)/t19-,20+/m1/s1. The van der Waals surface area contributed by atoms with Crippen molar-refractivity contribution in [2.45, 2.75) is 38.8 Å². The average molecular weight is 348 g/mol. The van der Waals surface area contributed by atoms with Crippen molar-refractivity contribution in [1.82, 2.24) is 14.8 Å². The number of aromatic nitrogens is 3. The van der Waals surface area contributed by atoms with Gasteiger partial charge in [-0.3, -0.25) is 0 Å². The van der Waals surface area contributed by atoms with E-state index in [2.05, 4.69) is 58.7 Å². The van der Waals surface area contributed by atoms with Gasteiger partial charge in [0.2, 0.25) is 5.95 Å². The van der Waals surface area contributed by atoms with Crippen molar-refractivity contribution < 1.29 is 4.74 Å². The second-order valence-corrected chi connectivity index (χ2v) is 6.57. The molecule has 4 rings (SSSR count). The number of benzene rings is 2. The molecule has 2 heterocycles. The maximum absolute atomic E-state index is 5.57. The van der Waals surface area contributed by atoms with Gasteiger partial charge in [-0.25, -0.2) is 4.68 Å². The summed E-state index contributed by atoms with van der Waals surface area (Å²) < 4.78 is 7.55. The fourth-order valence-electron chi connectivity index (χ4n) is 3.55. The first-order chi connectivity index (χ1) is 12.8. The second kappa shape index (κ2) is 7.20. The van der Waals surface area contributed by atoms with Crippen LogP contribution in [0.25, 0.3) is 0 Å². The molecule has 1 aliphatic heterocycles. The number of anilines is 1. The molecular formula is C21H24N4O. The molecule has 0 aliphatic carbocycles. The van der Waals surface area contributed by atoms with Gasteiger partial charge in [0, 0.05) is 0 Å². The molecule has 5 nitrogen and oxygen atoms in total. The third kappa shape index (κ3) is 3.17. The van der Waals surface area contributed by atoms with Gasteiger partial charge in [0.05, 0.1) is 18.7 Å². The van der Waals surface area contributed by atoms with Crippen molar-refractivity contribution in [3.05, 3.63) is 71.5 Å². The highest BCUT2D eigenvalue weighted by atomic mass is 16.5. The van der Waals surface area contributed by atoms with E-state index in [9.17, 15) is 0 Å². The molecule has 5 heteroatoms. The third-order valence-corrected chi connectivity index (χ3v) is 5.00. The Morgan fingerprint density at radius 1 is 1.04 bits per heavy atom. The minimum atomic E-state index is 0.153. The van der Waals surface area contributed by atoms with Crippen LogP contribution in [0.4, 0.5) is 5.95 Å². The summed E-state index contributed by atoms with van der Waals surface area (Å²) in [6, 6.07) is 17.5. The van der Waals surface area contributed by atoms with E-state index in [1.54, 1.807) is 6.33 Å². The van der Waals surface area contributed by atoms with Crippen molar-refractivity contribution in [1.29, 1.82) is 0 Å². The molecule has 0 bridgehead atoms. The summed E-state index contributed by atoms with van der Waals surface area (Å²) in [6.45, 7) is 4.85. The van der Waals surface area contributed by atoms with Crippen LogP contribution < -0.4 is 10.1 Å². The first-order valence-electron chi connectivity index (χ1n) is 9.26. The van der Waals surface area contributed by atoms with Gasteiger partial charge in [0.25, 0.3) is 0 Å². The van der Waals surface area contributed by atoms with E-state index in [-0.39, 0.29) is 12.1 Å². The third-order valence-electron chi connectivity index (χ3n) is 5.00. The number of fused-ring (bicyclic) bond motifs is 1. The van der Waals surface area contributed by atoms with Gasteiger partial charge >= 0.3 is 0 Å². The quantitative estimate of drug-likeness (QED) is 0.743. The average Bonchev–Trinajstić information content (AvgIpc) is 3.17. The second-order valence-electron chi connectivity index (χ2n) is 6.57. The predicted molar refractivity (Wildman–Crippen MR) is 103 cm³/mol. The van der Waals surface area contributed by atoms with Crippen molar-refractivity contribution >= 4 is 5.95 Å². The fourth-order valence-corrected chi connectivity index (χ4v) is 3.55. The van der Waals surface area contributed by atoms with Crippen LogP contribution in [-0.4, -0.2) is 21.4 Å². The summed E-state index contributed by atoms with van der Waals surface area (Å²) in [6.07, 6.45) is 3.60. The summed E-state index contributed by atoms with van der Waals surface area (Å²) in [7, 11) is 0. The Bertz CT molecular complexity index is 854. The Labute approximate surface area is 154 Å². The molecule has 1 aromatic heterocycles. The summed E-state index contributed by atoms with van der Waals surface area (Å²) in [5, 5.41) is 7.97. The zero-order valence-corrected chi connectivity index (χ0v) is 15.2. The van der Waals surface area contributed by atoms with Crippen molar-refractivity contribution in [2.75, 3.05) is 11.9 Å². The molecule has 0 unspecified atom stereocenters. The largest absolute Gasteiger partial charge is 0.494 e. The van der Waals surface area contributed by atoms with E-state index >= 15 is 0 Å². The SMILES string of the molecule is CCOc1ccc([C@@H]2C[C@H](c3ccc(CC)cc3)Nc3ncnn32)cc1. The first-order valence-corrected chi connectivity index (χ1v) is 9.26. The Hall–Kier alpha value is -2.82. The molecule has 0 saturated heterocycles. The molecule has 134 valence electrons. The highest BCUT2D eigenvalue weighted by Crippen LogP contribution is 2.37.